The van der Waals surface area contributed by atoms with Gasteiger partial charge in [0.25, 0.3) is 0 Å². The molecule has 170 valence electrons. The molecule has 2 aromatic rings. The van der Waals surface area contributed by atoms with Crippen molar-refractivity contribution in [1.82, 2.24) is 0 Å². The van der Waals surface area contributed by atoms with Crippen molar-refractivity contribution in [3.8, 4) is 0 Å². The average Bonchev–Trinajstić information content (AvgIpc) is 2.78. The number of alkyl halides is 1. The Morgan fingerprint density at radius 3 is 2.00 bits per heavy atom. The number of sulfone groups is 2. The summed E-state index contributed by atoms with van der Waals surface area (Å²) in [7, 11) is -8.11. The number of hydrogen-bond acceptors (Lipinski definition) is 5. The van der Waals surface area contributed by atoms with Gasteiger partial charge in [0.2, 0.25) is 15.3 Å². The minimum Gasteiger partial charge on any atom is -0.369 e. The van der Waals surface area contributed by atoms with Gasteiger partial charge in [0.05, 0.1) is 20.7 Å². The molecule has 2 unspecified atom stereocenters. The van der Waals surface area contributed by atoms with Gasteiger partial charge in [0.1, 0.15) is 5.82 Å². The van der Waals surface area contributed by atoms with Crippen LogP contribution in [0.25, 0.3) is 0 Å². The van der Waals surface area contributed by atoms with Crippen LogP contribution in [0, 0.1) is 5.82 Å². The molecule has 31 heavy (non-hydrogen) atoms. The van der Waals surface area contributed by atoms with Crippen molar-refractivity contribution in [2.45, 2.75) is 60.1 Å². The van der Waals surface area contributed by atoms with Gasteiger partial charge >= 0.3 is 0 Å². The fraction of sp³-hybridized carbons (Fsp3) is 0.455. The molecule has 2 aromatic carbocycles. The van der Waals surface area contributed by atoms with Crippen molar-refractivity contribution in [2.24, 2.45) is 0 Å². The van der Waals surface area contributed by atoms with E-state index in [4.69, 9.17) is 0 Å². The van der Waals surface area contributed by atoms with E-state index in [0.29, 0.717) is 24.3 Å². The lowest BCUT2D eigenvalue weighted by atomic mass is 10.0. The predicted molar refractivity (Wildman–Crippen MR) is 117 cm³/mol. The molecular formula is C22H27F2NO4S2. The van der Waals surface area contributed by atoms with Crippen LogP contribution in [0.2, 0.25) is 0 Å². The molecule has 1 fully saturated rings. The molecule has 0 radical (unpaired) electrons. The van der Waals surface area contributed by atoms with E-state index in [2.05, 4.69) is 0 Å². The van der Waals surface area contributed by atoms with Gasteiger partial charge in [0.15, 0.2) is 9.84 Å². The summed E-state index contributed by atoms with van der Waals surface area (Å²) < 4.78 is 79.4. The SMILES string of the molecule is CCC(F)S(=O)(=O)c1ccc(S(=O)(=O)C(C)c2cccc(F)c2N2CCCCC2)cc1. The van der Waals surface area contributed by atoms with E-state index < -0.39 is 36.2 Å². The van der Waals surface area contributed by atoms with E-state index in [-0.39, 0.29) is 16.2 Å². The summed E-state index contributed by atoms with van der Waals surface area (Å²) in [5.41, 5.74) is -1.37. The van der Waals surface area contributed by atoms with Crippen LogP contribution in [0.3, 0.4) is 0 Å². The second-order valence-corrected chi connectivity index (χ2v) is 12.1. The maximum Gasteiger partial charge on any atom is 0.210 e. The van der Waals surface area contributed by atoms with E-state index in [9.17, 15) is 25.6 Å². The van der Waals surface area contributed by atoms with E-state index in [1.165, 1.54) is 38.1 Å². The Morgan fingerprint density at radius 2 is 1.45 bits per heavy atom. The van der Waals surface area contributed by atoms with Crippen LogP contribution < -0.4 is 4.90 Å². The van der Waals surface area contributed by atoms with Crippen LogP contribution in [0.1, 0.15) is 50.3 Å². The smallest absolute Gasteiger partial charge is 0.210 e. The van der Waals surface area contributed by atoms with Crippen LogP contribution in [0.5, 0.6) is 0 Å². The lowest BCUT2D eigenvalue weighted by Crippen LogP contribution is -2.31. The average molecular weight is 472 g/mol. The molecular weight excluding hydrogens is 444 g/mol. The topological polar surface area (TPSA) is 71.5 Å². The molecule has 2 atom stereocenters. The molecule has 1 saturated heterocycles. The monoisotopic (exact) mass is 471 g/mol. The molecule has 0 spiro atoms. The number of hydrogen-bond donors (Lipinski definition) is 0. The van der Waals surface area contributed by atoms with Crippen molar-refractivity contribution < 1.29 is 25.6 Å². The number of anilines is 1. The molecule has 0 aliphatic carbocycles. The van der Waals surface area contributed by atoms with Crippen LogP contribution in [-0.4, -0.2) is 35.4 Å². The molecule has 5 nitrogen and oxygen atoms in total. The van der Waals surface area contributed by atoms with E-state index in [0.717, 1.165) is 31.4 Å². The Hall–Kier alpha value is -2.00. The van der Waals surface area contributed by atoms with Crippen LogP contribution >= 0.6 is 0 Å². The van der Waals surface area contributed by atoms with Crippen molar-refractivity contribution >= 4 is 25.4 Å². The number of nitrogens with zero attached hydrogens (tertiary/aromatic N) is 1. The standard InChI is InChI=1S/C22H27F2NO4S2/c1-3-21(24)31(28,29)18-12-10-17(11-13-18)30(26,27)16(2)19-8-7-9-20(23)22(19)25-14-5-4-6-15-25/h7-13,16,21H,3-6,14-15H2,1-2H3. The molecule has 1 heterocycles. The third-order valence-corrected chi connectivity index (χ3v) is 9.78. The van der Waals surface area contributed by atoms with Gasteiger partial charge in [0, 0.05) is 13.1 Å². The summed E-state index contributed by atoms with van der Waals surface area (Å²) in [6, 6.07) is 8.98. The molecule has 0 bridgehead atoms. The third-order valence-electron chi connectivity index (χ3n) is 5.73. The Balaban J connectivity index is 1.97. The molecule has 3 rings (SSSR count). The molecule has 1 aliphatic rings. The highest BCUT2D eigenvalue weighted by molar-refractivity contribution is 7.92. The van der Waals surface area contributed by atoms with Crippen molar-refractivity contribution in [1.29, 1.82) is 0 Å². The van der Waals surface area contributed by atoms with Crippen molar-refractivity contribution in [3.05, 3.63) is 53.8 Å². The summed E-state index contributed by atoms with van der Waals surface area (Å²) in [6.07, 6.45) is 2.69. The van der Waals surface area contributed by atoms with E-state index in [1.807, 2.05) is 4.90 Å². The maximum absolute atomic E-state index is 14.7. The predicted octanol–water partition coefficient (Wildman–Crippen LogP) is 4.83. The lowest BCUT2D eigenvalue weighted by molar-refractivity contribution is 0.409. The number of piperidine rings is 1. The molecule has 0 aromatic heterocycles. The van der Waals surface area contributed by atoms with Gasteiger partial charge < -0.3 is 4.90 Å². The quantitative estimate of drug-likeness (QED) is 0.578. The normalized spacial score (nSPS) is 17.4. The minimum atomic E-state index is -4.17. The summed E-state index contributed by atoms with van der Waals surface area (Å²) in [4.78, 5) is 1.52. The largest absolute Gasteiger partial charge is 0.369 e. The number of halogens is 2. The van der Waals surface area contributed by atoms with Crippen LogP contribution in [-0.2, 0) is 19.7 Å². The second kappa shape index (κ2) is 9.24. The highest BCUT2D eigenvalue weighted by atomic mass is 32.2. The molecule has 0 saturated carbocycles. The zero-order valence-corrected chi connectivity index (χ0v) is 19.2. The number of para-hydroxylation sites is 1. The zero-order chi connectivity index (χ0) is 22.8. The van der Waals surface area contributed by atoms with Crippen LogP contribution in [0.4, 0.5) is 14.5 Å². The van der Waals surface area contributed by atoms with Crippen molar-refractivity contribution in [2.75, 3.05) is 18.0 Å². The fourth-order valence-corrected chi connectivity index (χ4v) is 6.57. The Labute approximate surface area is 182 Å². The first-order chi connectivity index (χ1) is 14.6. The van der Waals surface area contributed by atoms with Gasteiger partial charge in [-0.05, 0) is 68.5 Å². The van der Waals surface area contributed by atoms with E-state index >= 15 is 0 Å². The van der Waals surface area contributed by atoms with E-state index in [1.54, 1.807) is 6.07 Å². The lowest BCUT2D eigenvalue weighted by Gasteiger charge is -2.32. The van der Waals surface area contributed by atoms with Crippen LogP contribution in [0.15, 0.2) is 52.3 Å². The summed E-state index contributed by atoms with van der Waals surface area (Å²) in [6.45, 7) is 4.24. The fourth-order valence-electron chi connectivity index (χ4n) is 3.87. The molecule has 9 heteroatoms. The highest BCUT2D eigenvalue weighted by Crippen LogP contribution is 2.37. The Kier molecular flexibility index (Phi) is 7.05. The molecule has 0 N–H and O–H groups in total. The Bertz CT molecular complexity index is 1130. The van der Waals surface area contributed by atoms with Crippen molar-refractivity contribution in [3.63, 3.8) is 0 Å². The third kappa shape index (κ3) is 4.62. The number of rotatable bonds is 7. The maximum atomic E-state index is 14.7. The van der Waals surface area contributed by atoms with Gasteiger partial charge in [-0.1, -0.05) is 19.1 Å². The zero-order valence-electron chi connectivity index (χ0n) is 17.6. The van der Waals surface area contributed by atoms with Gasteiger partial charge in [-0.15, -0.1) is 0 Å². The summed E-state index contributed by atoms with van der Waals surface area (Å²) in [5, 5.41) is -1.05. The summed E-state index contributed by atoms with van der Waals surface area (Å²) in [5.74, 6) is -0.462. The highest BCUT2D eigenvalue weighted by Gasteiger charge is 2.31. The first kappa shape index (κ1) is 23.7. The second-order valence-electron chi connectivity index (χ2n) is 7.75. The molecule has 1 aliphatic heterocycles. The van der Waals surface area contributed by atoms with Gasteiger partial charge in [-0.25, -0.2) is 25.6 Å². The van der Waals surface area contributed by atoms with Gasteiger partial charge in [-0.2, -0.15) is 0 Å². The van der Waals surface area contributed by atoms with Gasteiger partial charge in [-0.3, -0.25) is 0 Å². The molecule has 0 amide bonds. The summed E-state index contributed by atoms with van der Waals surface area (Å²) >= 11 is 0. The minimum absolute atomic E-state index is 0.0975. The number of benzene rings is 2. The Morgan fingerprint density at radius 1 is 0.903 bits per heavy atom. The first-order valence-electron chi connectivity index (χ1n) is 10.4. The first-order valence-corrected chi connectivity index (χ1v) is 13.4.